The molecular formula is C15H19F2NO3. The van der Waals surface area contributed by atoms with Gasteiger partial charge in [0.15, 0.2) is 17.4 Å². The largest absolute Gasteiger partial charge is 0.486 e. The average Bonchev–Trinajstić information content (AvgIpc) is 2.43. The van der Waals surface area contributed by atoms with E-state index < -0.39 is 23.4 Å². The Morgan fingerprint density at radius 2 is 1.86 bits per heavy atom. The predicted molar refractivity (Wildman–Crippen MR) is 76.3 cm³/mol. The Morgan fingerprint density at radius 3 is 2.33 bits per heavy atom. The van der Waals surface area contributed by atoms with Crippen molar-refractivity contribution >= 4 is 12.0 Å². The third-order valence-corrected chi connectivity index (χ3v) is 2.99. The lowest BCUT2D eigenvalue weighted by Gasteiger charge is -2.18. The van der Waals surface area contributed by atoms with Gasteiger partial charge in [0.05, 0.1) is 0 Å². The molecule has 0 spiro atoms. The van der Waals surface area contributed by atoms with Crippen LogP contribution < -0.4 is 4.74 Å². The lowest BCUT2D eigenvalue weighted by atomic mass is 10.2. The van der Waals surface area contributed by atoms with Gasteiger partial charge < -0.3 is 14.7 Å². The normalized spacial score (nSPS) is 11.3. The standard InChI is InChI=1S/C15H19F2NO3/c1-3-18(4-2)7-8-21-15-12(16)9-11(10-13(15)17)5-6-14(19)20/h5-6,9-10H,3-4,7-8H2,1-2H3,(H,19,20). The van der Waals surface area contributed by atoms with Gasteiger partial charge in [-0.15, -0.1) is 0 Å². The van der Waals surface area contributed by atoms with Gasteiger partial charge in [0, 0.05) is 12.6 Å². The molecule has 0 saturated heterocycles. The average molecular weight is 299 g/mol. The molecule has 0 amide bonds. The van der Waals surface area contributed by atoms with Gasteiger partial charge in [0.1, 0.15) is 6.61 Å². The quantitative estimate of drug-likeness (QED) is 0.750. The summed E-state index contributed by atoms with van der Waals surface area (Å²) in [7, 11) is 0. The van der Waals surface area contributed by atoms with Crippen molar-refractivity contribution in [3.63, 3.8) is 0 Å². The van der Waals surface area contributed by atoms with Crippen LogP contribution in [0.25, 0.3) is 6.08 Å². The number of ether oxygens (including phenoxy) is 1. The minimum atomic E-state index is -1.18. The molecule has 116 valence electrons. The van der Waals surface area contributed by atoms with Crippen molar-refractivity contribution in [3.05, 3.63) is 35.4 Å². The Morgan fingerprint density at radius 1 is 1.29 bits per heavy atom. The van der Waals surface area contributed by atoms with E-state index in [0.29, 0.717) is 6.54 Å². The second kappa shape index (κ2) is 8.36. The fourth-order valence-electron chi connectivity index (χ4n) is 1.80. The smallest absolute Gasteiger partial charge is 0.328 e. The van der Waals surface area contributed by atoms with Crippen LogP contribution >= 0.6 is 0 Å². The fraction of sp³-hybridized carbons (Fsp3) is 0.400. The summed E-state index contributed by atoms with van der Waals surface area (Å²) in [6.45, 7) is 6.42. The minimum Gasteiger partial charge on any atom is -0.486 e. The van der Waals surface area contributed by atoms with Crippen molar-refractivity contribution in [1.82, 2.24) is 4.90 Å². The van der Waals surface area contributed by atoms with Crippen molar-refractivity contribution in [3.8, 4) is 5.75 Å². The van der Waals surface area contributed by atoms with Crippen LogP contribution in [0.5, 0.6) is 5.75 Å². The molecule has 0 aliphatic carbocycles. The van der Waals surface area contributed by atoms with Crippen molar-refractivity contribution in [2.75, 3.05) is 26.2 Å². The van der Waals surface area contributed by atoms with E-state index in [1.165, 1.54) is 0 Å². The molecular weight excluding hydrogens is 280 g/mol. The van der Waals surface area contributed by atoms with Gasteiger partial charge in [-0.1, -0.05) is 13.8 Å². The predicted octanol–water partition coefficient (Wildman–Crippen LogP) is 2.78. The number of benzene rings is 1. The van der Waals surface area contributed by atoms with E-state index in [1.54, 1.807) is 0 Å². The van der Waals surface area contributed by atoms with Crippen LogP contribution in [-0.4, -0.2) is 42.2 Å². The van der Waals surface area contributed by atoms with Gasteiger partial charge in [0.25, 0.3) is 0 Å². The summed E-state index contributed by atoms with van der Waals surface area (Å²) < 4.78 is 32.7. The molecule has 1 aromatic rings. The molecule has 1 rings (SSSR count). The summed E-state index contributed by atoms with van der Waals surface area (Å²) in [6, 6.07) is 2.07. The third kappa shape index (κ3) is 5.51. The van der Waals surface area contributed by atoms with Crippen LogP contribution in [0.4, 0.5) is 8.78 Å². The van der Waals surface area contributed by atoms with Crippen molar-refractivity contribution in [2.24, 2.45) is 0 Å². The lowest BCUT2D eigenvalue weighted by molar-refractivity contribution is -0.131. The van der Waals surface area contributed by atoms with E-state index in [0.717, 1.165) is 37.4 Å². The maximum atomic E-state index is 13.8. The van der Waals surface area contributed by atoms with E-state index in [-0.39, 0.29) is 12.2 Å². The first-order valence-electron chi connectivity index (χ1n) is 6.73. The number of hydrogen-bond donors (Lipinski definition) is 1. The highest BCUT2D eigenvalue weighted by Gasteiger charge is 2.12. The lowest BCUT2D eigenvalue weighted by Crippen LogP contribution is -2.28. The molecule has 0 bridgehead atoms. The monoisotopic (exact) mass is 299 g/mol. The zero-order valence-corrected chi connectivity index (χ0v) is 12.1. The molecule has 0 saturated carbocycles. The van der Waals surface area contributed by atoms with Crippen molar-refractivity contribution in [2.45, 2.75) is 13.8 Å². The number of carboxylic acids is 1. The Balaban J connectivity index is 2.74. The number of halogens is 2. The molecule has 21 heavy (non-hydrogen) atoms. The summed E-state index contributed by atoms with van der Waals surface area (Å²) >= 11 is 0. The maximum Gasteiger partial charge on any atom is 0.328 e. The summed E-state index contributed by atoms with van der Waals surface area (Å²) in [5.41, 5.74) is 0.128. The minimum absolute atomic E-state index is 0.128. The van der Waals surface area contributed by atoms with Gasteiger partial charge in [-0.05, 0) is 36.9 Å². The zero-order chi connectivity index (χ0) is 15.8. The van der Waals surface area contributed by atoms with E-state index in [9.17, 15) is 13.6 Å². The molecule has 0 aliphatic heterocycles. The number of hydrogen-bond acceptors (Lipinski definition) is 3. The maximum absolute atomic E-state index is 13.8. The number of aliphatic carboxylic acids is 1. The third-order valence-electron chi connectivity index (χ3n) is 2.99. The summed E-state index contributed by atoms with van der Waals surface area (Å²) in [5, 5.41) is 8.48. The second-order valence-corrected chi connectivity index (χ2v) is 4.36. The Hall–Kier alpha value is -1.95. The molecule has 0 aliphatic rings. The number of likely N-dealkylation sites (N-methyl/N-ethyl adjacent to an activating group) is 1. The molecule has 0 unspecified atom stereocenters. The number of carbonyl (C=O) groups is 1. The molecule has 1 aromatic carbocycles. The summed E-state index contributed by atoms with van der Waals surface area (Å²) in [4.78, 5) is 12.4. The van der Waals surface area contributed by atoms with Crippen LogP contribution in [0.1, 0.15) is 19.4 Å². The van der Waals surface area contributed by atoms with Crippen LogP contribution in [0.3, 0.4) is 0 Å². The molecule has 0 fully saturated rings. The number of nitrogens with zero attached hydrogens (tertiary/aromatic N) is 1. The molecule has 1 N–H and O–H groups in total. The first-order chi connectivity index (χ1) is 9.97. The molecule has 0 aromatic heterocycles. The number of rotatable bonds is 8. The molecule has 6 heteroatoms. The van der Waals surface area contributed by atoms with E-state index in [1.807, 2.05) is 13.8 Å². The van der Waals surface area contributed by atoms with E-state index >= 15 is 0 Å². The molecule has 0 heterocycles. The van der Waals surface area contributed by atoms with Gasteiger partial charge in [-0.25, -0.2) is 13.6 Å². The van der Waals surface area contributed by atoms with Crippen molar-refractivity contribution < 1.29 is 23.4 Å². The number of carboxylic acid groups (broad SMARTS) is 1. The molecule has 0 radical (unpaired) electrons. The summed E-state index contributed by atoms with van der Waals surface area (Å²) in [6.07, 6.45) is 1.93. The van der Waals surface area contributed by atoms with E-state index in [2.05, 4.69) is 4.90 Å². The van der Waals surface area contributed by atoms with E-state index in [4.69, 9.17) is 9.84 Å². The first-order valence-corrected chi connectivity index (χ1v) is 6.73. The highest BCUT2D eigenvalue weighted by atomic mass is 19.1. The summed E-state index contributed by atoms with van der Waals surface area (Å²) in [5.74, 6) is -3.32. The van der Waals surface area contributed by atoms with Crippen LogP contribution in [0.15, 0.2) is 18.2 Å². The van der Waals surface area contributed by atoms with Gasteiger partial charge in [-0.3, -0.25) is 0 Å². The van der Waals surface area contributed by atoms with Crippen LogP contribution in [0.2, 0.25) is 0 Å². The van der Waals surface area contributed by atoms with Gasteiger partial charge >= 0.3 is 5.97 Å². The molecule has 0 atom stereocenters. The SMILES string of the molecule is CCN(CC)CCOc1c(F)cc(C=CC(=O)O)cc1F. The highest BCUT2D eigenvalue weighted by molar-refractivity contribution is 5.85. The fourth-order valence-corrected chi connectivity index (χ4v) is 1.80. The molecule has 4 nitrogen and oxygen atoms in total. The van der Waals surface area contributed by atoms with Gasteiger partial charge in [0.2, 0.25) is 0 Å². The first kappa shape index (κ1) is 17.1. The topological polar surface area (TPSA) is 49.8 Å². The Labute approximate surface area is 122 Å². The van der Waals surface area contributed by atoms with Crippen molar-refractivity contribution in [1.29, 1.82) is 0 Å². The highest BCUT2D eigenvalue weighted by Crippen LogP contribution is 2.24. The van der Waals surface area contributed by atoms with Crippen LogP contribution in [0, 0.1) is 11.6 Å². The second-order valence-electron chi connectivity index (χ2n) is 4.36. The Kier molecular flexibility index (Phi) is 6.81. The zero-order valence-electron chi connectivity index (χ0n) is 12.1. The Bertz CT molecular complexity index is 491. The van der Waals surface area contributed by atoms with Crippen LogP contribution in [-0.2, 0) is 4.79 Å². The van der Waals surface area contributed by atoms with Gasteiger partial charge in [-0.2, -0.15) is 0 Å².